The van der Waals surface area contributed by atoms with Crippen LogP contribution in [0.2, 0.25) is 0 Å². The molecular formula is C9H15N5O2S. The van der Waals surface area contributed by atoms with E-state index in [9.17, 15) is 8.42 Å². The minimum absolute atomic E-state index is 0.380. The normalized spacial score (nSPS) is 18.3. The lowest BCUT2D eigenvalue weighted by Gasteiger charge is -2.33. The lowest BCUT2D eigenvalue weighted by Crippen LogP contribution is -2.50. The zero-order chi connectivity index (χ0) is 12.5. The molecule has 1 aliphatic heterocycles. The molecule has 17 heavy (non-hydrogen) atoms. The number of aromatic nitrogens is 1. The monoisotopic (exact) mass is 257 g/mol. The van der Waals surface area contributed by atoms with Crippen LogP contribution in [0.15, 0.2) is 18.3 Å². The van der Waals surface area contributed by atoms with Crippen LogP contribution in [-0.4, -0.2) is 43.9 Å². The topological polar surface area (TPSA) is 106 Å². The zero-order valence-corrected chi connectivity index (χ0v) is 10.1. The summed E-state index contributed by atoms with van der Waals surface area (Å²) in [6.07, 6.45) is 1.58. The fourth-order valence-corrected chi connectivity index (χ4v) is 2.43. The molecule has 8 heteroatoms. The molecule has 0 spiro atoms. The van der Waals surface area contributed by atoms with Crippen LogP contribution >= 0.6 is 0 Å². The van der Waals surface area contributed by atoms with Gasteiger partial charge in [0.05, 0.1) is 11.9 Å². The molecule has 1 saturated heterocycles. The van der Waals surface area contributed by atoms with Crippen LogP contribution in [0, 0.1) is 0 Å². The van der Waals surface area contributed by atoms with Gasteiger partial charge < -0.3 is 10.6 Å². The zero-order valence-electron chi connectivity index (χ0n) is 9.28. The van der Waals surface area contributed by atoms with Gasteiger partial charge in [0.2, 0.25) is 0 Å². The first-order chi connectivity index (χ1) is 7.97. The Hall–Kier alpha value is -1.38. The van der Waals surface area contributed by atoms with Crippen LogP contribution in [0.4, 0.5) is 11.5 Å². The summed E-state index contributed by atoms with van der Waals surface area (Å²) in [4.78, 5) is 6.19. The van der Waals surface area contributed by atoms with E-state index >= 15 is 0 Å². The molecule has 0 aromatic carbocycles. The highest BCUT2D eigenvalue weighted by Crippen LogP contribution is 2.15. The first-order valence-electron chi connectivity index (χ1n) is 5.21. The molecule has 0 saturated carbocycles. The Balaban J connectivity index is 2.02. The van der Waals surface area contributed by atoms with Gasteiger partial charge in [-0.3, -0.25) is 0 Å². The van der Waals surface area contributed by atoms with Crippen molar-refractivity contribution < 1.29 is 8.42 Å². The SMILES string of the molecule is Nc1ccc(N2CCN(S(N)(=O)=O)CC2)nc1. The molecule has 94 valence electrons. The number of hydrogen-bond donors (Lipinski definition) is 2. The van der Waals surface area contributed by atoms with Gasteiger partial charge in [-0.05, 0) is 12.1 Å². The van der Waals surface area contributed by atoms with Crippen molar-refractivity contribution >= 4 is 21.7 Å². The maximum Gasteiger partial charge on any atom is 0.277 e. The minimum Gasteiger partial charge on any atom is -0.397 e. The largest absolute Gasteiger partial charge is 0.397 e. The Bertz CT molecular complexity index is 479. The highest BCUT2D eigenvalue weighted by Gasteiger charge is 2.24. The quantitative estimate of drug-likeness (QED) is 0.706. The van der Waals surface area contributed by atoms with Crippen LogP contribution in [0.1, 0.15) is 0 Å². The van der Waals surface area contributed by atoms with Crippen molar-refractivity contribution in [2.45, 2.75) is 0 Å². The van der Waals surface area contributed by atoms with Crippen molar-refractivity contribution in [2.75, 3.05) is 36.8 Å². The summed E-state index contributed by atoms with van der Waals surface area (Å²) in [7, 11) is -3.57. The van der Waals surface area contributed by atoms with E-state index < -0.39 is 10.2 Å². The number of piperazine rings is 1. The molecule has 0 bridgehead atoms. The number of anilines is 2. The predicted molar refractivity (Wildman–Crippen MR) is 65.5 cm³/mol. The summed E-state index contributed by atoms with van der Waals surface area (Å²) < 4.78 is 23.5. The van der Waals surface area contributed by atoms with Crippen molar-refractivity contribution in [1.82, 2.24) is 9.29 Å². The molecular weight excluding hydrogens is 242 g/mol. The number of nitrogens with two attached hydrogens (primary N) is 2. The first-order valence-corrected chi connectivity index (χ1v) is 6.71. The molecule has 0 unspecified atom stereocenters. The van der Waals surface area contributed by atoms with Gasteiger partial charge in [-0.2, -0.15) is 12.7 Å². The molecule has 0 radical (unpaired) electrons. The summed E-state index contributed by atoms with van der Waals surface area (Å²) in [5, 5.41) is 5.06. The molecule has 0 atom stereocenters. The molecule has 1 aromatic heterocycles. The summed E-state index contributed by atoms with van der Waals surface area (Å²) >= 11 is 0. The molecule has 2 heterocycles. The van der Waals surface area contributed by atoms with Gasteiger partial charge in [0.1, 0.15) is 5.82 Å². The van der Waals surface area contributed by atoms with E-state index in [1.807, 2.05) is 11.0 Å². The van der Waals surface area contributed by atoms with E-state index in [1.165, 1.54) is 4.31 Å². The first kappa shape index (κ1) is 12.1. The second-order valence-electron chi connectivity index (χ2n) is 3.88. The molecule has 0 amide bonds. The average molecular weight is 257 g/mol. The van der Waals surface area contributed by atoms with Gasteiger partial charge in [-0.25, -0.2) is 10.1 Å². The maximum absolute atomic E-state index is 11.1. The van der Waals surface area contributed by atoms with E-state index in [1.54, 1.807) is 12.3 Å². The Morgan fingerprint density at radius 1 is 1.18 bits per heavy atom. The van der Waals surface area contributed by atoms with Crippen LogP contribution < -0.4 is 15.8 Å². The predicted octanol–water partition coefficient (Wildman–Crippen LogP) is -1.01. The second-order valence-corrected chi connectivity index (χ2v) is 5.43. The Labute approximate surface area is 100 Å². The lowest BCUT2D eigenvalue weighted by molar-refractivity contribution is 0.384. The van der Waals surface area contributed by atoms with Gasteiger partial charge in [0, 0.05) is 26.2 Å². The fraction of sp³-hybridized carbons (Fsp3) is 0.444. The molecule has 2 rings (SSSR count). The standard InChI is InChI=1S/C9H15N5O2S/c10-8-1-2-9(12-7-8)13-3-5-14(6-4-13)17(11,15)16/h1-2,7H,3-6,10H2,(H2,11,15,16). The van der Waals surface area contributed by atoms with E-state index in [2.05, 4.69) is 4.98 Å². The van der Waals surface area contributed by atoms with Crippen molar-refractivity contribution in [3.63, 3.8) is 0 Å². The van der Waals surface area contributed by atoms with Gasteiger partial charge >= 0.3 is 0 Å². The van der Waals surface area contributed by atoms with Crippen LogP contribution in [-0.2, 0) is 10.2 Å². The van der Waals surface area contributed by atoms with Crippen molar-refractivity contribution in [3.8, 4) is 0 Å². The number of hydrogen-bond acceptors (Lipinski definition) is 5. The number of pyridine rings is 1. The molecule has 4 N–H and O–H groups in total. The number of nitrogens with zero attached hydrogens (tertiary/aromatic N) is 3. The second kappa shape index (κ2) is 4.47. The Morgan fingerprint density at radius 2 is 1.82 bits per heavy atom. The van der Waals surface area contributed by atoms with Crippen LogP contribution in [0.5, 0.6) is 0 Å². The highest BCUT2D eigenvalue weighted by molar-refractivity contribution is 7.86. The molecule has 1 fully saturated rings. The summed E-state index contributed by atoms with van der Waals surface area (Å²) in [5.41, 5.74) is 6.16. The van der Waals surface area contributed by atoms with Crippen LogP contribution in [0.25, 0.3) is 0 Å². The Morgan fingerprint density at radius 3 is 2.29 bits per heavy atom. The highest BCUT2D eigenvalue weighted by atomic mass is 32.2. The summed E-state index contributed by atoms with van der Waals surface area (Å²) in [6, 6.07) is 3.59. The van der Waals surface area contributed by atoms with Gasteiger partial charge in [0.25, 0.3) is 10.2 Å². The van der Waals surface area contributed by atoms with E-state index in [0.29, 0.717) is 31.9 Å². The van der Waals surface area contributed by atoms with Gasteiger partial charge in [-0.15, -0.1) is 0 Å². The number of nitrogen functional groups attached to an aromatic ring is 1. The third kappa shape index (κ3) is 2.84. The third-order valence-electron chi connectivity index (χ3n) is 2.69. The van der Waals surface area contributed by atoms with Crippen molar-refractivity contribution in [2.24, 2.45) is 5.14 Å². The minimum atomic E-state index is -3.57. The maximum atomic E-state index is 11.1. The summed E-state index contributed by atoms with van der Waals surface area (Å²) in [5.74, 6) is 0.799. The van der Waals surface area contributed by atoms with E-state index in [4.69, 9.17) is 10.9 Å². The number of rotatable bonds is 2. The van der Waals surface area contributed by atoms with Crippen LogP contribution in [0.3, 0.4) is 0 Å². The molecule has 1 aromatic rings. The smallest absolute Gasteiger partial charge is 0.277 e. The van der Waals surface area contributed by atoms with Gasteiger partial charge in [-0.1, -0.05) is 0 Å². The lowest BCUT2D eigenvalue weighted by atomic mass is 10.3. The average Bonchev–Trinajstić information content (AvgIpc) is 2.29. The van der Waals surface area contributed by atoms with E-state index in [-0.39, 0.29) is 0 Å². The fourth-order valence-electron chi connectivity index (χ4n) is 1.76. The molecule has 1 aliphatic rings. The molecule has 0 aliphatic carbocycles. The van der Waals surface area contributed by atoms with Gasteiger partial charge in [0.15, 0.2) is 0 Å². The van der Waals surface area contributed by atoms with Crippen molar-refractivity contribution in [3.05, 3.63) is 18.3 Å². The Kier molecular flexibility index (Phi) is 3.18. The van der Waals surface area contributed by atoms with E-state index in [0.717, 1.165) is 5.82 Å². The third-order valence-corrected chi connectivity index (χ3v) is 3.78. The summed E-state index contributed by atoms with van der Waals surface area (Å²) in [6.45, 7) is 1.91. The molecule has 7 nitrogen and oxygen atoms in total. The van der Waals surface area contributed by atoms with Crippen molar-refractivity contribution in [1.29, 1.82) is 0 Å².